The van der Waals surface area contributed by atoms with Crippen molar-refractivity contribution in [2.45, 2.75) is 38.6 Å². The summed E-state index contributed by atoms with van der Waals surface area (Å²) in [6, 6.07) is 6.93. The highest BCUT2D eigenvalue weighted by Gasteiger charge is 2.28. The number of aryl methyl sites for hydroxylation is 1. The number of hydrogen-bond donors (Lipinski definition) is 1. The number of amides is 2. The van der Waals surface area contributed by atoms with E-state index in [1.165, 1.54) is 5.56 Å². The van der Waals surface area contributed by atoms with Crippen molar-refractivity contribution in [3.05, 3.63) is 35.4 Å². The van der Waals surface area contributed by atoms with Gasteiger partial charge in [-0.25, -0.2) is 9.59 Å². The Hall–Kier alpha value is -2.04. The van der Waals surface area contributed by atoms with Gasteiger partial charge >= 0.3 is 12.0 Å². The van der Waals surface area contributed by atoms with E-state index in [1.807, 2.05) is 12.1 Å². The molecule has 1 aromatic carbocycles. The van der Waals surface area contributed by atoms with Crippen molar-refractivity contribution in [3.63, 3.8) is 0 Å². The van der Waals surface area contributed by atoms with Gasteiger partial charge in [0, 0.05) is 6.54 Å². The van der Waals surface area contributed by atoms with Crippen LogP contribution in [0.15, 0.2) is 24.3 Å². The second-order valence-electron chi connectivity index (χ2n) is 5.37. The molecule has 1 aliphatic heterocycles. The average molecular weight is 290 g/mol. The minimum absolute atomic E-state index is 0.0918. The monoisotopic (exact) mass is 290 g/mol. The number of urea groups is 1. The maximum Gasteiger partial charge on any atom is 0.338 e. The molecule has 0 unspecified atom stereocenters. The summed E-state index contributed by atoms with van der Waals surface area (Å²) in [5, 5.41) is 0. The molecule has 5 heteroatoms. The fraction of sp³-hybridized carbons (Fsp3) is 0.500. The molecule has 1 fully saturated rings. The van der Waals surface area contributed by atoms with Crippen LogP contribution in [0.3, 0.4) is 0 Å². The van der Waals surface area contributed by atoms with Crippen molar-refractivity contribution >= 4 is 12.0 Å². The van der Waals surface area contributed by atoms with Crippen LogP contribution in [-0.4, -0.2) is 36.1 Å². The second-order valence-corrected chi connectivity index (χ2v) is 5.37. The van der Waals surface area contributed by atoms with Crippen molar-refractivity contribution in [2.75, 3.05) is 13.2 Å². The van der Waals surface area contributed by atoms with Crippen LogP contribution >= 0.6 is 0 Å². The molecule has 0 aromatic heterocycles. The normalized spacial score (nSPS) is 17.8. The fourth-order valence-corrected chi connectivity index (χ4v) is 2.65. The van der Waals surface area contributed by atoms with E-state index in [-0.39, 0.29) is 18.6 Å². The molecule has 1 heterocycles. The number of likely N-dealkylation sites (tertiary alicyclic amines) is 1. The first-order valence-electron chi connectivity index (χ1n) is 7.44. The standard InChI is InChI=1S/C16H22N2O3/c1-2-4-12-6-8-13(9-7-12)15(19)21-11-14-5-3-10-18(14)16(17)20/h6-9,14H,2-5,10-11H2,1H3,(H2,17,20)/t14-/m1/s1. The quantitative estimate of drug-likeness (QED) is 0.846. The van der Waals surface area contributed by atoms with Gasteiger partial charge in [-0.3, -0.25) is 0 Å². The lowest BCUT2D eigenvalue weighted by Gasteiger charge is -2.22. The van der Waals surface area contributed by atoms with E-state index < -0.39 is 6.03 Å². The summed E-state index contributed by atoms with van der Waals surface area (Å²) >= 11 is 0. The summed E-state index contributed by atoms with van der Waals surface area (Å²) in [5.41, 5.74) is 7.05. The zero-order valence-corrected chi connectivity index (χ0v) is 12.4. The number of ether oxygens (including phenoxy) is 1. The molecule has 1 saturated heterocycles. The number of rotatable bonds is 5. The lowest BCUT2D eigenvalue weighted by Crippen LogP contribution is -2.41. The second kappa shape index (κ2) is 7.11. The molecule has 2 amide bonds. The van der Waals surface area contributed by atoms with Gasteiger partial charge in [-0.1, -0.05) is 25.5 Å². The van der Waals surface area contributed by atoms with Crippen molar-refractivity contribution in [1.82, 2.24) is 4.90 Å². The molecule has 0 radical (unpaired) electrons. The third-order valence-corrected chi connectivity index (χ3v) is 3.80. The molecule has 0 aliphatic carbocycles. The molecule has 1 aromatic rings. The van der Waals surface area contributed by atoms with Gasteiger partial charge in [0.15, 0.2) is 0 Å². The Balaban J connectivity index is 1.88. The van der Waals surface area contributed by atoms with Gasteiger partial charge in [0.25, 0.3) is 0 Å². The molecule has 1 aliphatic rings. The smallest absolute Gasteiger partial charge is 0.338 e. The lowest BCUT2D eigenvalue weighted by atomic mass is 10.1. The average Bonchev–Trinajstić information content (AvgIpc) is 2.94. The summed E-state index contributed by atoms with van der Waals surface area (Å²) < 4.78 is 5.30. The van der Waals surface area contributed by atoms with Crippen LogP contribution in [-0.2, 0) is 11.2 Å². The SMILES string of the molecule is CCCc1ccc(C(=O)OC[C@H]2CCCN2C(N)=O)cc1. The van der Waals surface area contributed by atoms with Crippen molar-refractivity contribution in [2.24, 2.45) is 5.73 Å². The largest absolute Gasteiger partial charge is 0.460 e. The van der Waals surface area contributed by atoms with E-state index in [0.717, 1.165) is 25.7 Å². The Morgan fingerprint density at radius 3 is 2.67 bits per heavy atom. The minimum atomic E-state index is -0.447. The number of carbonyl (C=O) groups excluding carboxylic acids is 2. The van der Waals surface area contributed by atoms with E-state index in [2.05, 4.69) is 6.92 Å². The highest BCUT2D eigenvalue weighted by molar-refractivity contribution is 5.89. The van der Waals surface area contributed by atoms with Gasteiger partial charge < -0.3 is 15.4 Å². The predicted molar refractivity (Wildman–Crippen MR) is 80.0 cm³/mol. The van der Waals surface area contributed by atoms with E-state index in [9.17, 15) is 9.59 Å². The minimum Gasteiger partial charge on any atom is -0.460 e. The fourth-order valence-electron chi connectivity index (χ4n) is 2.65. The predicted octanol–water partition coefficient (Wildman–Crippen LogP) is 2.34. The third-order valence-electron chi connectivity index (χ3n) is 3.80. The molecule has 114 valence electrons. The molecule has 2 N–H and O–H groups in total. The molecule has 0 bridgehead atoms. The highest BCUT2D eigenvalue weighted by atomic mass is 16.5. The molecule has 2 rings (SSSR count). The van der Waals surface area contributed by atoms with Gasteiger partial charge in [-0.2, -0.15) is 0 Å². The Labute approximate surface area is 125 Å². The zero-order chi connectivity index (χ0) is 15.2. The molecule has 21 heavy (non-hydrogen) atoms. The van der Waals surface area contributed by atoms with Gasteiger partial charge in [0.1, 0.15) is 6.61 Å². The van der Waals surface area contributed by atoms with Crippen LogP contribution in [0.1, 0.15) is 42.1 Å². The maximum atomic E-state index is 12.0. The van der Waals surface area contributed by atoms with E-state index in [0.29, 0.717) is 12.1 Å². The Bertz CT molecular complexity index is 499. The molecular formula is C16H22N2O3. The molecule has 0 spiro atoms. The molecular weight excluding hydrogens is 268 g/mol. The lowest BCUT2D eigenvalue weighted by molar-refractivity contribution is 0.0422. The van der Waals surface area contributed by atoms with Crippen LogP contribution in [0.25, 0.3) is 0 Å². The number of benzene rings is 1. The van der Waals surface area contributed by atoms with Crippen LogP contribution in [0.5, 0.6) is 0 Å². The maximum absolute atomic E-state index is 12.0. The topological polar surface area (TPSA) is 72.6 Å². The van der Waals surface area contributed by atoms with Crippen LogP contribution in [0, 0.1) is 0 Å². The van der Waals surface area contributed by atoms with Crippen LogP contribution in [0.2, 0.25) is 0 Å². The van der Waals surface area contributed by atoms with E-state index in [1.54, 1.807) is 17.0 Å². The van der Waals surface area contributed by atoms with Gasteiger partial charge in [-0.15, -0.1) is 0 Å². The Kier molecular flexibility index (Phi) is 5.20. The molecule has 1 atom stereocenters. The summed E-state index contributed by atoms with van der Waals surface area (Å²) in [6.45, 7) is 2.97. The molecule has 5 nitrogen and oxygen atoms in total. The summed E-state index contributed by atoms with van der Waals surface area (Å²) in [5.74, 6) is -0.352. The van der Waals surface area contributed by atoms with Crippen molar-refractivity contribution in [1.29, 1.82) is 0 Å². The number of nitrogens with zero attached hydrogens (tertiary/aromatic N) is 1. The van der Waals surface area contributed by atoms with Crippen LogP contribution < -0.4 is 5.73 Å². The van der Waals surface area contributed by atoms with Crippen molar-refractivity contribution in [3.8, 4) is 0 Å². The zero-order valence-electron chi connectivity index (χ0n) is 12.4. The summed E-state index contributed by atoms with van der Waals surface area (Å²) in [6.07, 6.45) is 3.81. The van der Waals surface area contributed by atoms with Crippen LogP contribution in [0.4, 0.5) is 4.79 Å². The summed E-state index contributed by atoms with van der Waals surface area (Å²) in [7, 11) is 0. The first-order chi connectivity index (χ1) is 10.1. The summed E-state index contributed by atoms with van der Waals surface area (Å²) in [4.78, 5) is 24.8. The number of hydrogen-bond acceptors (Lipinski definition) is 3. The first-order valence-corrected chi connectivity index (χ1v) is 7.44. The number of primary amides is 1. The number of esters is 1. The first kappa shape index (κ1) is 15.4. The number of carbonyl (C=O) groups is 2. The third kappa shape index (κ3) is 3.97. The Morgan fingerprint density at radius 2 is 2.05 bits per heavy atom. The number of nitrogens with two attached hydrogens (primary N) is 1. The van der Waals surface area contributed by atoms with Gasteiger partial charge in [0.05, 0.1) is 11.6 Å². The highest BCUT2D eigenvalue weighted by Crippen LogP contribution is 2.17. The van der Waals surface area contributed by atoms with E-state index in [4.69, 9.17) is 10.5 Å². The van der Waals surface area contributed by atoms with Gasteiger partial charge in [0.2, 0.25) is 0 Å². The van der Waals surface area contributed by atoms with E-state index >= 15 is 0 Å². The Morgan fingerprint density at radius 1 is 1.33 bits per heavy atom. The van der Waals surface area contributed by atoms with Crippen molar-refractivity contribution < 1.29 is 14.3 Å². The molecule has 0 saturated carbocycles. The van der Waals surface area contributed by atoms with Gasteiger partial charge in [-0.05, 0) is 37.0 Å².